The van der Waals surface area contributed by atoms with Crippen LogP contribution in [0.1, 0.15) is 45.4 Å². The minimum absolute atomic E-state index is 0.0501. The van der Waals surface area contributed by atoms with Gasteiger partial charge in [-0.15, -0.1) is 0 Å². The molecule has 1 aromatic carbocycles. The fraction of sp³-hybridized carbons (Fsp3) is 0.650. The van der Waals surface area contributed by atoms with E-state index in [-0.39, 0.29) is 5.91 Å². The van der Waals surface area contributed by atoms with Gasteiger partial charge in [-0.05, 0) is 56.9 Å². The maximum absolute atomic E-state index is 12.5. The predicted molar refractivity (Wildman–Crippen MR) is 99.0 cm³/mol. The SMILES string of the molecule is CCOc1ccc(NC(=O)CN(CC2CCCO2)C2CCCC2)cc1. The molecular weight excluding hydrogens is 316 g/mol. The van der Waals surface area contributed by atoms with Gasteiger partial charge in [0.2, 0.25) is 5.91 Å². The molecule has 2 aliphatic rings. The Morgan fingerprint density at radius 1 is 1.20 bits per heavy atom. The average molecular weight is 346 g/mol. The van der Waals surface area contributed by atoms with Gasteiger partial charge in [0.05, 0.1) is 19.3 Å². The van der Waals surface area contributed by atoms with Crippen molar-refractivity contribution < 1.29 is 14.3 Å². The molecule has 5 heteroatoms. The Morgan fingerprint density at radius 3 is 2.60 bits per heavy atom. The van der Waals surface area contributed by atoms with E-state index in [0.29, 0.717) is 25.3 Å². The summed E-state index contributed by atoms with van der Waals surface area (Å²) in [6.45, 7) is 4.79. The van der Waals surface area contributed by atoms with Crippen LogP contribution in [0.25, 0.3) is 0 Å². The van der Waals surface area contributed by atoms with Crippen molar-refractivity contribution in [1.29, 1.82) is 0 Å². The third-order valence-electron chi connectivity index (χ3n) is 5.10. The Morgan fingerprint density at radius 2 is 1.96 bits per heavy atom. The predicted octanol–water partition coefficient (Wildman–Crippen LogP) is 3.45. The number of hydrogen-bond donors (Lipinski definition) is 1. The molecule has 1 aromatic rings. The molecule has 0 radical (unpaired) electrons. The van der Waals surface area contributed by atoms with Crippen molar-refractivity contribution in [3.8, 4) is 5.75 Å². The van der Waals surface area contributed by atoms with Crippen molar-refractivity contribution in [2.75, 3.05) is 31.6 Å². The lowest BCUT2D eigenvalue weighted by molar-refractivity contribution is -0.118. The third kappa shape index (κ3) is 5.44. The minimum atomic E-state index is 0.0501. The quantitative estimate of drug-likeness (QED) is 0.783. The smallest absolute Gasteiger partial charge is 0.238 e. The summed E-state index contributed by atoms with van der Waals surface area (Å²) < 4.78 is 11.2. The Labute approximate surface area is 150 Å². The zero-order valence-corrected chi connectivity index (χ0v) is 15.2. The van der Waals surface area contributed by atoms with Crippen molar-refractivity contribution in [3.05, 3.63) is 24.3 Å². The van der Waals surface area contributed by atoms with Gasteiger partial charge in [-0.25, -0.2) is 0 Å². The maximum atomic E-state index is 12.5. The van der Waals surface area contributed by atoms with Crippen LogP contribution < -0.4 is 10.1 Å². The standard InChI is InChI=1S/C20H30N2O3/c1-2-24-18-11-9-16(10-12-18)21-20(23)15-22(17-6-3-4-7-17)14-19-8-5-13-25-19/h9-12,17,19H,2-8,13-15H2,1H3,(H,21,23). The first-order valence-corrected chi connectivity index (χ1v) is 9.63. The second-order valence-electron chi connectivity index (χ2n) is 7.01. The molecule has 1 aliphatic carbocycles. The maximum Gasteiger partial charge on any atom is 0.238 e. The van der Waals surface area contributed by atoms with Gasteiger partial charge in [0.1, 0.15) is 5.75 Å². The second-order valence-corrected chi connectivity index (χ2v) is 7.01. The molecule has 1 N–H and O–H groups in total. The van der Waals surface area contributed by atoms with Gasteiger partial charge in [-0.1, -0.05) is 12.8 Å². The summed E-state index contributed by atoms with van der Waals surface area (Å²) in [5, 5.41) is 3.01. The van der Waals surface area contributed by atoms with Gasteiger partial charge < -0.3 is 14.8 Å². The first kappa shape index (κ1) is 18.2. The highest BCUT2D eigenvalue weighted by Gasteiger charge is 2.28. The highest BCUT2D eigenvalue weighted by molar-refractivity contribution is 5.92. The molecule has 1 amide bonds. The van der Waals surface area contributed by atoms with E-state index < -0.39 is 0 Å². The minimum Gasteiger partial charge on any atom is -0.494 e. The number of ether oxygens (including phenoxy) is 2. The van der Waals surface area contributed by atoms with Crippen LogP contribution in [0.3, 0.4) is 0 Å². The van der Waals surface area contributed by atoms with E-state index in [2.05, 4.69) is 10.2 Å². The van der Waals surface area contributed by atoms with Crippen LogP contribution in [-0.4, -0.2) is 49.3 Å². The van der Waals surface area contributed by atoms with Gasteiger partial charge in [-0.3, -0.25) is 9.69 Å². The molecule has 1 saturated heterocycles. The van der Waals surface area contributed by atoms with E-state index in [0.717, 1.165) is 37.4 Å². The number of anilines is 1. The van der Waals surface area contributed by atoms with Crippen LogP contribution in [0.5, 0.6) is 5.75 Å². The normalized spacial score (nSPS) is 21.0. The molecule has 0 spiro atoms. The molecule has 138 valence electrons. The van der Waals surface area contributed by atoms with E-state index >= 15 is 0 Å². The van der Waals surface area contributed by atoms with Crippen LogP contribution in [-0.2, 0) is 9.53 Å². The summed E-state index contributed by atoms with van der Waals surface area (Å²) in [5.74, 6) is 0.875. The third-order valence-corrected chi connectivity index (χ3v) is 5.10. The van der Waals surface area contributed by atoms with E-state index in [4.69, 9.17) is 9.47 Å². The lowest BCUT2D eigenvalue weighted by atomic mass is 10.1. The number of hydrogen-bond acceptors (Lipinski definition) is 4. The summed E-state index contributed by atoms with van der Waals surface area (Å²) in [4.78, 5) is 14.9. The molecule has 2 fully saturated rings. The van der Waals surface area contributed by atoms with Gasteiger partial charge in [-0.2, -0.15) is 0 Å². The van der Waals surface area contributed by atoms with Crippen molar-refractivity contribution in [2.45, 2.75) is 57.6 Å². The molecule has 0 aromatic heterocycles. The Hall–Kier alpha value is -1.59. The molecule has 25 heavy (non-hydrogen) atoms. The lowest BCUT2D eigenvalue weighted by Gasteiger charge is -2.30. The van der Waals surface area contributed by atoms with Crippen LogP contribution in [0.4, 0.5) is 5.69 Å². The highest BCUT2D eigenvalue weighted by atomic mass is 16.5. The molecule has 5 nitrogen and oxygen atoms in total. The fourth-order valence-electron chi connectivity index (χ4n) is 3.85. The first-order chi connectivity index (χ1) is 12.2. The monoisotopic (exact) mass is 346 g/mol. The lowest BCUT2D eigenvalue weighted by Crippen LogP contribution is -2.43. The van der Waals surface area contributed by atoms with Crippen LogP contribution in [0.2, 0.25) is 0 Å². The van der Waals surface area contributed by atoms with Crippen molar-refractivity contribution in [3.63, 3.8) is 0 Å². The number of rotatable bonds is 8. The fourth-order valence-corrected chi connectivity index (χ4v) is 3.85. The van der Waals surface area contributed by atoms with E-state index in [1.54, 1.807) is 0 Å². The summed E-state index contributed by atoms with van der Waals surface area (Å²) in [5.41, 5.74) is 0.817. The summed E-state index contributed by atoms with van der Waals surface area (Å²) in [6, 6.07) is 8.09. The van der Waals surface area contributed by atoms with E-state index in [9.17, 15) is 4.79 Å². The average Bonchev–Trinajstić information content (AvgIpc) is 3.29. The largest absolute Gasteiger partial charge is 0.494 e. The number of nitrogens with one attached hydrogen (secondary N) is 1. The Kier molecular flexibility index (Phi) is 6.70. The Balaban J connectivity index is 1.55. The van der Waals surface area contributed by atoms with Crippen LogP contribution >= 0.6 is 0 Å². The summed E-state index contributed by atoms with van der Waals surface area (Å²) in [6.07, 6.45) is 7.48. The van der Waals surface area contributed by atoms with Crippen molar-refractivity contribution in [1.82, 2.24) is 4.90 Å². The molecule has 1 heterocycles. The van der Waals surface area contributed by atoms with Gasteiger partial charge >= 0.3 is 0 Å². The zero-order chi connectivity index (χ0) is 17.5. The molecule has 1 atom stereocenters. The molecule has 3 rings (SSSR count). The first-order valence-electron chi connectivity index (χ1n) is 9.63. The molecular formula is C20H30N2O3. The molecule has 1 unspecified atom stereocenters. The topological polar surface area (TPSA) is 50.8 Å². The molecule has 1 saturated carbocycles. The van der Waals surface area contributed by atoms with Crippen molar-refractivity contribution >= 4 is 11.6 Å². The van der Waals surface area contributed by atoms with Gasteiger partial charge in [0.25, 0.3) is 0 Å². The number of amides is 1. The summed E-state index contributed by atoms with van der Waals surface area (Å²) in [7, 11) is 0. The number of benzene rings is 1. The van der Waals surface area contributed by atoms with Crippen LogP contribution in [0, 0.1) is 0 Å². The van der Waals surface area contributed by atoms with Gasteiger partial charge in [0, 0.05) is 24.9 Å². The zero-order valence-electron chi connectivity index (χ0n) is 15.2. The second kappa shape index (κ2) is 9.20. The van der Waals surface area contributed by atoms with E-state index in [1.807, 2.05) is 31.2 Å². The highest BCUT2D eigenvalue weighted by Crippen LogP contribution is 2.25. The molecule has 1 aliphatic heterocycles. The Bertz CT molecular complexity index is 534. The van der Waals surface area contributed by atoms with Crippen molar-refractivity contribution in [2.24, 2.45) is 0 Å². The summed E-state index contributed by atoms with van der Waals surface area (Å²) >= 11 is 0. The number of carbonyl (C=O) groups excluding carboxylic acids is 1. The number of carbonyl (C=O) groups is 1. The van der Waals surface area contributed by atoms with Gasteiger partial charge in [0.15, 0.2) is 0 Å². The molecule has 0 bridgehead atoms. The number of nitrogens with zero attached hydrogens (tertiary/aromatic N) is 1. The van der Waals surface area contributed by atoms with E-state index in [1.165, 1.54) is 25.7 Å². The van der Waals surface area contributed by atoms with Crippen LogP contribution in [0.15, 0.2) is 24.3 Å².